The van der Waals surface area contributed by atoms with Gasteiger partial charge in [-0.15, -0.1) is 0 Å². The number of aryl methyl sites for hydroxylation is 1. The Morgan fingerprint density at radius 1 is 1.15 bits per heavy atom. The highest BCUT2D eigenvalue weighted by atomic mass is 16.4. The number of carbonyl (C=O) groups is 2. The molecular formula is C10H9O3. The SMILES string of the molecule is Cc1ccc(C(=O)CC([O])=O)cc1. The van der Waals surface area contributed by atoms with Gasteiger partial charge in [-0.25, -0.2) is 9.90 Å². The van der Waals surface area contributed by atoms with Crippen molar-refractivity contribution in [3.8, 4) is 0 Å². The number of carbonyl (C=O) groups excluding carboxylic acids is 2. The molecule has 1 aromatic carbocycles. The Bertz CT molecular complexity index is 325. The number of Topliss-reactive ketones (excluding diaryl/α,β-unsaturated/α-hetero) is 1. The third-order valence-corrected chi connectivity index (χ3v) is 1.68. The van der Waals surface area contributed by atoms with Gasteiger partial charge in [0, 0.05) is 5.56 Å². The molecule has 13 heavy (non-hydrogen) atoms. The first-order chi connectivity index (χ1) is 6.09. The van der Waals surface area contributed by atoms with E-state index in [1.54, 1.807) is 24.3 Å². The maximum absolute atomic E-state index is 11.1. The summed E-state index contributed by atoms with van der Waals surface area (Å²) in [5, 5.41) is 10.1. The van der Waals surface area contributed by atoms with Crippen molar-refractivity contribution in [1.29, 1.82) is 0 Å². The van der Waals surface area contributed by atoms with E-state index >= 15 is 0 Å². The van der Waals surface area contributed by atoms with E-state index in [-0.39, 0.29) is 0 Å². The maximum atomic E-state index is 11.1. The first kappa shape index (κ1) is 9.45. The molecule has 1 radical (unpaired) electrons. The summed E-state index contributed by atoms with van der Waals surface area (Å²) in [5.41, 5.74) is 1.44. The predicted octanol–water partition coefficient (Wildman–Crippen LogP) is 1.52. The standard InChI is InChI=1S/C10H9O3/c1-7-2-4-8(5-3-7)9(11)6-10(12)13/h2-5H,6H2,1H3. The average molecular weight is 177 g/mol. The number of hydrogen-bond donors (Lipinski definition) is 0. The smallest absolute Gasteiger partial charge is 0.294 e. The lowest BCUT2D eigenvalue weighted by Gasteiger charge is -1.97. The first-order valence-corrected chi connectivity index (χ1v) is 3.89. The molecule has 0 aliphatic heterocycles. The lowest BCUT2D eigenvalue weighted by atomic mass is 10.1. The van der Waals surface area contributed by atoms with Crippen molar-refractivity contribution >= 4 is 11.8 Å². The molecule has 0 aliphatic carbocycles. The fourth-order valence-electron chi connectivity index (χ4n) is 0.973. The molecule has 0 aliphatic rings. The van der Waals surface area contributed by atoms with Gasteiger partial charge in [-0.3, -0.25) is 4.79 Å². The van der Waals surface area contributed by atoms with E-state index in [2.05, 4.69) is 0 Å². The van der Waals surface area contributed by atoms with E-state index in [1.807, 2.05) is 6.92 Å². The molecule has 1 rings (SSSR count). The number of ketones is 1. The minimum Gasteiger partial charge on any atom is -0.294 e. The molecule has 0 aromatic heterocycles. The molecule has 0 unspecified atom stereocenters. The summed E-state index contributed by atoms with van der Waals surface area (Å²) in [5.74, 6) is -1.76. The van der Waals surface area contributed by atoms with Gasteiger partial charge in [-0.1, -0.05) is 29.8 Å². The maximum Gasteiger partial charge on any atom is 0.363 e. The molecule has 0 heterocycles. The molecule has 0 spiro atoms. The Kier molecular flexibility index (Phi) is 2.80. The molecule has 0 bridgehead atoms. The van der Waals surface area contributed by atoms with E-state index in [9.17, 15) is 14.7 Å². The summed E-state index contributed by atoms with van der Waals surface area (Å²) in [4.78, 5) is 21.3. The average Bonchev–Trinajstić information content (AvgIpc) is 2.04. The van der Waals surface area contributed by atoms with Crippen molar-refractivity contribution in [3.63, 3.8) is 0 Å². The molecule has 0 fully saturated rings. The van der Waals surface area contributed by atoms with Crippen molar-refractivity contribution in [2.45, 2.75) is 13.3 Å². The largest absolute Gasteiger partial charge is 0.363 e. The van der Waals surface area contributed by atoms with Gasteiger partial charge in [0.2, 0.25) is 0 Å². The summed E-state index contributed by atoms with van der Waals surface area (Å²) in [6, 6.07) is 6.76. The summed E-state index contributed by atoms with van der Waals surface area (Å²) in [6.45, 7) is 1.90. The van der Waals surface area contributed by atoms with E-state index in [4.69, 9.17) is 0 Å². The van der Waals surface area contributed by atoms with E-state index in [0.717, 1.165) is 5.56 Å². The lowest BCUT2D eigenvalue weighted by molar-refractivity contribution is -0.141. The molecule has 3 heteroatoms. The zero-order valence-electron chi connectivity index (χ0n) is 7.24. The van der Waals surface area contributed by atoms with Crippen LogP contribution in [0.25, 0.3) is 0 Å². The summed E-state index contributed by atoms with van der Waals surface area (Å²) in [7, 11) is 0. The van der Waals surface area contributed by atoms with Crippen molar-refractivity contribution in [1.82, 2.24) is 0 Å². The highest BCUT2D eigenvalue weighted by molar-refractivity contribution is 6.05. The molecule has 0 atom stereocenters. The molecule has 0 N–H and O–H groups in total. The lowest BCUT2D eigenvalue weighted by Crippen LogP contribution is -2.05. The second-order valence-electron chi connectivity index (χ2n) is 2.84. The highest BCUT2D eigenvalue weighted by Crippen LogP contribution is 2.05. The molecule has 0 saturated heterocycles. The van der Waals surface area contributed by atoms with Crippen LogP contribution in [-0.4, -0.2) is 11.8 Å². The minimum absolute atomic E-state index is 0.412. The van der Waals surface area contributed by atoms with Crippen molar-refractivity contribution in [2.75, 3.05) is 0 Å². The van der Waals surface area contributed by atoms with Crippen LogP contribution >= 0.6 is 0 Å². The van der Waals surface area contributed by atoms with Gasteiger partial charge in [-0.05, 0) is 6.92 Å². The summed E-state index contributed by atoms with van der Waals surface area (Å²) >= 11 is 0. The van der Waals surface area contributed by atoms with Crippen molar-refractivity contribution < 1.29 is 14.7 Å². The van der Waals surface area contributed by atoms with Crippen LogP contribution in [0.15, 0.2) is 24.3 Å². The number of rotatable bonds is 3. The third kappa shape index (κ3) is 2.71. The predicted molar refractivity (Wildman–Crippen MR) is 45.8 cm³/mol. The van der Waals surface area contributed by atoms with Crippen LogP contribution in [0.1, 0.15) is 22.3 Å². The van der Waals surface area contributed by atoms with Crippen LogP contribution in [-0.2, 0) is 9.90 Å². The summed E-state index contributed by atoms with van der Waals surface area (Å²) in [6.07, 6.45) is -0.553. The Balaban J connectivity index is 2.78. The normalized spacial score (nSPS) is 9.62. The Labute approximate surface area is 76.0 Å². The van der Waals surface area contributed by atoms with E-state index in [1.165, 1.54) is 0 Å². The molecule has 1 aromatic rings. The van der Waals surface area contributed by atoms with Crippen LogP contribution in [0.5, 0.6) is 0 Å². The van der Waals surface area contributed by atoms with E-state index < -0.39 is 18.2 Å². The topological polar surface area (TPSA) is 54.0 Å². The van der Waals surface area contributed by atoms with Gasteiger partial charge in [0.05, 0.1) is 0 Å². The van der Waals surface area contributed by atoms with Crippen LogP contribution in [0.2, 0.25) is 0 Å². The second-order valence-corrected chi connectivity index (χ2v) is 2.84. The van der Waals surface area contributed by atoms with Crippen molar-refractivity contribution in [2.24, 2.45) is 0 Å². The fraction of sp³-hybridized carbons (Fsp3) is 0.200. The zero-order valence-corrected chi connectivity index (χ0v) is 7.24. The Morgan fingerprint density at radius 3 is 2.15 bits per heavy atom. The van der Waals surface area contributed by atoms with E-state index in [0.29, 0.717) is 5.56 Å². The van der Waals surface area contributed by atoms with Crippen LogP contribution in [0, 0.1) is 6.92 Å². The van der Waals surface area contributed by atoms with Gasteiger partial charge >= 0.3 is 5.97 Å². The number of benzene rings is 1. The number of hydrogen-bond acceptors (Lipinski definition) is 2. The molecule has 0 amide bonds. The highest BCUT2D eigenvalue weighted by Gasteiger charge is 2.10. The van der Waals surface area contributed by atoms with Gasteiger partial charge in [0.1, 0.15) is 6.42 Å². The molecular weight excluding hydrogens is 168 g/mol. The van der Waals surface area contributed by atoms with Gasteiger partial charge in [0.25, 0.3) is 0 Å². The van der Waals surface area contributed by atoms with Crippen LogP contribution in [0.3, 0.4) is 0 Å². The monoisotopic (exact) mass is 177 g/mol. The van der Waals surface area contributed by atoms with Crippen molar-refractivity contribution in [3.05, 3.63) is 35.4 Å². The zero-order chi connectivity index (χ0) is 9.84. The van der Waals surface area contributed by atoms with Gasteiger partial charge in [-0.2, -0.15) is 0 Å². The fourth-order valence-corrected chi connectivity index (χ4v) is 0.973. The van der Waals surface area contributed by atoms with Gasteiger partial charge < -0.3 is 0 Å². The first-order valence-electron chi connectivity index (χ1n) is 3.89. The molecule has 3 nitrogen and oxygen atoms in total. The Morgan fingerprint density at radius 2 is 1.69 bits per heavy atom. The summed E-state index contributed by atoms with van der Waals surface area (Å²) < 4.78 is 0. The van der Waals surface area contributed by atoms with Gasteiger partial charge in [0.15, 0.2) is 5.78 Å². The quantitative estimate of drug-likeness (QED) is 0.519. The van der Waals surface area contributed by atoms with Crippen LogP contribution < -0.4 is 0 Å². The Hall–Kier alpha value is -1.64. The molecule has 67 valence electrons. The second kappa shape index (κ2) is 3.85. The van der Waals surface area contributed by atoms with Crippen LogP contribution in [0.4, 0.5) is 0 Å². The third-order valence-electron chi connectivity index (χ3n) is 1.68. The minimum atomic E-state index is -1.34. The molecule has 0 saturated carbocycles.